The lowest BCUT2D eigenvalue weighted by atomic mass is 10.0. The van der Waals surface area contributed by atoms with Gasteiger partial charge in [-0.25, -0.2) is 4.39 Å². The molecule has 2 aromatic rings. The van der Waals surface area contributed by atoms with E-state index in [2.05, 4.69) is 5.32 Å². The molecular formula is C21H23FN2O2. The van der Waals surface area contributed by atoms with Gasteiger partial charge in [-0.2, -0.15) is 0 Å². The Bertz CT molecular complexity index is 848. The third kappa shape index (κ3) is 3.62. The van der Waals surface area contributed by atoms with Crippen LogP contribution in [0.5, 0.6) is 0 Å². The van der Waals surface area contributed by atoms with Crippen molar-refractivity contribution in [2.24, 2.45) is 5.92 Å². The predicted molar refractivity (Wildman–Crippen MR) is 99.3 cm³/mol. The average Bonchev–Trinajstić information content (AvgIpc) is 2.92. The molecule has 1 aliphatic rings. The van der Waals surface area contributed by atoms with Crippen LogP contribution in [0.2, 0.25) is 0 Å². The number of nitrogens with one attached hydrogen (secondary N) is 1. The Morgan fingerprint density at radius 2 is 1.96 bits per heavy atom. The Labute approximate surface area is 153 Å². The summed E-state index contributed by atoms with van der Waals surface area (Å²) in [6, 6.07) is 11.1. The number of nitrogens with zero attached hydrogens (tertiary/aromatic N) is 1. The standard InChI is InChI=1S/C21H23FN2O2/c1-13(2)10-19(20(25)23-18-9-8-16(22)11-14(18)3)24-12-15-6-4-5-7-17(15)21(24)26/h4-9,11,13,19H,10,12H2,1-3H3,(H,23,25)/t19-/m0/s1. The highest BCUT2D eigenvalue weighted by Crippen LogP contribution is 2.28. The fourth-order valence-electron chi connectivity index (χ4n) is 3.33. The maximum atomic E-state index is 13.3. The van der Waals surface area contributed by atoms with Gasteiger partial charge in [-0.1, -0.05) is 32.0 Å². The lowest BCUT2D eigenvalue weighted by molar-refractivity contribution is -0.121. The Morgan fingerprint density at radius 1 is 1.23 bits per heavy atom. The molecule has 0 bridgehead atoms. The first-order chi connectivity index (χ1) is 12.4. The molecule has 0 radical (unpaired) electrons. The molecule has 26 heavy (non-hydrogen) atoms. The molecule has 1 heterocycles. The van der Waals surface area contributed by atoms with Crippen molar-refractivity contribution in [2.75, 3.05) is 5.32 Å². The van der Waals surface area contributed by atoms with Crippen LogP contribution in [0.4, 0.5) is 10.1 Å². The van der Waals surface area contributed by atoms with E-state index in [9.17, 15) is 14.0 Å². The number of carbonyl (C=O) groups excluding carboxylic acids is 2. The van der Waals surface area contributed by atoms with Gasteiger partial charge in [0.2, 0.25) is 5.91 Å². The number of carbonyl (C=O) groups is 2. The van der Waals surface area contributed by atoms with Crippen molar-refractivity contribution in [3.8, 4) is 0 Å². The number of fused-ring (bicyclic) bond motifs is 1. The topological polar surface area (TPSA) is 49.4 Å². The number of aryl methyl sites for hydroxylation is 1. The van der Waals surface area contributed by atoms with Crippen molar-refractivity contribution in [1.29, 1.82) is 0 Å². The van der Waals surface area contributed by atoms with E-state index in [1.54, 1.807) is 24.0 Å². The van der Waals surface area contributed by atoms with Gasteiger partial charge in [0.25, 0.3) is 5.91 Å². The molecule has 1 N–H and O–H groups in total. The molecule has 0 aliphatic carbocycles. The molecule has 2 amide bonds. The Balaban J connectivity index is 1.84. The quantitative estimate of drug-likeness (QED) is 0.877. The number of anilines is 1. The van der Waals surface area contributed by atoms with Gasteiger partial charge in [-0.15, -0.1) is 0 Å². The van der Waals surface area contributed by atoms with Gasteiger partial charge in [0.15, 0.2) is 0 Å². The summed E-state index contributed by atoms with van der Waals surface area (Å²) in [6.07, 6.45) is 0.561. The van der Waals surface area contributed by atoms with E-state index in [0.717, 1.165) is 5.56 Å². The molecule has 1 aliphatic heterocycles. The number of hydrogen-bond donors (Lipinski definition) is 1. The highest BCUT2D eigenvalue weighted by Gasteiger charge is 2.36. The number of benzene rings is 2. The largest absolute Gasteiger partial charge is 0.324 e. The zero-order valence-electron chi connectivity index (χ0n) is 15.3. The summed E-state index contributed by atoms with van der Waals surface area (Å²) in [5, 5.41) is 2.87. The first-order valence-electron chi connectivity index (χ1n) is 8.82. The molecule has 3 rings (SSSR count). The summed E-state index contributed by atoms with van der Waals surface area (Å²) in [6.45, 7) is 6.23. The van der Waals surface area contributed by atoms with E-state index >= 15 is 0 Å². The van der Waals surface area contributed by atoms with Crippen LogP contribution in [0, 0.1) is 18.7 Å². The zero-order valence-corrected chi connectivity index (χ0v) is 15.3. The van der Waals surface area contributed by atoms with Crippen LogP contribution in [0.25, 0.3) is 0 Å². The van der Waals surface area contributed by atoms with Crippen molar-refractivity contribution in [1.82, 2.24) is 4.90 Å². The minimum atomic E-state index is -0.570. The lowest BCUT2D eigenvalue weighted by Crippen LogP contribution is -2.45. The van der Waals surface area contributed by atoms with Crippen molar-refractivity contribution < 1.29 is 14.0 Å². The maximum absolute atomic E-state index is 13.3. The van der Waals surface area contributed by atoms with Crippen LogP contribution in [-0.4, -0.2) is 22.8 Å². The summed E-state index contributed by atoms with van der Waals surface area (Å²) in [5.41, 5.74) is 2.82. The van der Waals surface area contributed by atoms with Gasteiger partial charge in [-0.3, -0.25) is 9.59 Å². The Hall–Kier alpha value is -2.69. The van der Waals surface area contributed by atoms with E-state index in [4.69, 9.17) is 0 Å². The maximum Gasteiger partial charge on any atom is 0.255 e. The van der Waals surface area contributed by atoms with Crippen LogP contribution in [-0.2, 0) is 11.3 Å². The van der Waals surface area contributed by atoms with Gasteiger partial charge >= 0.3 is 0 Å². The van der Waals surface area contributed by atoms with Crippen LogP contribution in [0.1, 0.15) is 41.8 Å². The Morgan fingerprint density at radius 3 is 2.62 bits per heavy atom. The normalized spacial score (nSPS) is 14.5. The number of hydrogen-bond acceptors (Lipinski definition) is 2. The summed E-state index contributed by atoms with van der Waals surface area (Å²) >= 11 is 0. The second-order valence-corrected chi connectivity index (χ2v) is 7.18. The summed E-state index contributed by atoms with van der Waals surface area (Å²) in [5.74, 6) is -0.451. The van der Waals surface area contributed by atoms with Crippen LogP contribution in [0.3, 0.4) is 0 Å². The van der Waals surface area contributed by atoms with Crippen molar-refractivity contribution in [2.45, 2.75) is 39.8 Å². The van der Waals surface area contributed by atoms with Crippen LogP contribution in [0.15, 0.2) is 42.5 Å². The van der Waals surface area contributed by atoms with Gasteiger partial charge in [-0.05, 0) is 54.7 Å². The molecule has 1 atom stereocenters. The van der Waals surface area contributed by atoms with Crippen molar-refractivity contribution >= 4 is 17.5 Å². The molecule has 0 aromatic heterocycles. The molecule has 4 nitrogen and oxygen atoms in total. The van der Waals surface area contributed by atoms with Crippen LogP contribution >= 0.6 is 0 Å². The second kappa shape index (κ2) is 7.28. The molecule has 0 fully saturated rings. The average molecular weight is 354 g/mol. The Kier molecular flexibility index (Phi) is 5.07. The number of halogens is 1. The fraction of sp³-hybridized carbons (Fsp3) is 0.333. The first-order valence-corrected chi connectivity index (χ1v) is 8.82. The van der Waals surface area contributed by atoms with Gasteiger partial charge in [0, 0.05) is 17.8 Å². The highest BCUT2D eigenvalue weighted by molar-refractivity contribution is 6.03. The summed E-state index contributed by atoms with van der Waals surface area (Å²) in [4.78, 5) is 27.4. The third-order valence-corrected chi connectivity index (χ3v) is 4.67. The first kappa shape index (κ1) is 18.1. The number of amides is 2. The highest BCUT2D eigenvalue weighted by atomic mass is 19.1. The monoisotopic (exact) mass is 354 g/mol. The minimum absolute atomic E-state index is 0.114. The molecule has 136 valence electrons. The van der Waals surface area contributed by atoms with E-state index in [0.29, 0.717) is 29.8 Å². The molecule has 5 heteroatoms. The van der Waals surface area contributed by atoms with Crippen LogP contribution < -0.4 is 5.32 Å². The molecule has 0 saturated heterocycles. The molecule has 0 saturated carbocycles. The van der Waals surface area contributed by atoms with Gasteiger partial charge in [0.05, 0.1) is 0 Å². The third-order valence-electron chi connectivity index (χ3n) is 4.67. The summed E-state index contributed by atoms with van der Waals surface area (Å²) in [7, 11) is 0. The number of rotatable bonds is 5. The lowest BCUT2D eigenvalue weighted by Gasteiger charge is -2.28. The SMILES string of the molecule is Cc1cc(F)ccc1NC(=O)[C@H](CC(C)C)N1Cc2ccccc2C1=O. The van der Waals surface area contributed by atoms with Gasteiger partial charge < -0.3 is 10.2 Å². The fourth-order valence-corrected chi connectivity index (χ4v) is 3.33. The van der Waals surface area contributed by atoms with Gasteiger partial charge in [0.1, 0.15) is 11.9 Å². The van der Waals surface area contributed by atoms with E-state index in [1.807, 2.05) is 32.0 Å². The zero-order chi connectivity index (χ0) is 18.8. The molecule has 0 spiro atoms. The predicted octanol–water partition coefficient (Wildman–Crippen LogP) is 4.14. The van der Waals surface area contributed by atoms with E-state index < -0.39 is 6.04 Å². The van der Waals surface area contributed by atoms with E-state index in [1.165, 1.54) is 12.1 Å². The van der Waals surface area contributed by atoms with E-state index in [-0.39, 0.29) is 23.5 Å². The molecule has 0 unspecified atom stereocenters. The summed E-state index contributed by atoms with van der Waals surface area (Å²) < 4.78 is 13.3. The minimum Gasteiger partial charge on any atom is -0.324 e. The smallest absolute Gasteiger partial charge is 0.255 e. The second-order valence-electron chi connectivity index (χ2n) is 7.18. The molecule has 2 aromatic carbocycles. The van der Waals surface area contributed by atoms with Crippen molar-refractivity contribution in [3.05, 3.63) is 65.0 Å². The molecular weight excluding hydrogens is 331 g/mol. The van der Waals surface area contributed by atoms with Crippen molar-refractivity contribution in [3.63, 3.8) is 0 Å².